The normalized spacial score (nSPS) is 11.3. The maximum absolute atomic E-state index is 4.59. The summed E-state index contributed by atoms with van der Waals surface area (Å²) in [7, 11) is 1.88. The Hall–Kier alpha value is -3.88. The number of aryl methyl sites for hydroxylation is 1. The zero-order chi connectivity index (χ0) is 18.2. The molecule has 9 nitrogen and oxygen atoms in total. The molecule has 0 spiro atoms. The molecular formula is C18H15N9. The van der Waals surface area contributed by atoms with E-state index in [4.69, 9.17) is 0 Å². The van der Waals surface area contributed by atoms with Crippen LogP contribution in [0.4, 0.5) is 5.95 Å². The van der Waals surface area contributed by atoms with Crippen molar-refractivity contribution in [2.45, 2.75) is 6.54 Å². The number of hydrogen-bond donors (Lipinski definition) is 1. The summed E-state index contributed by atoms with van der Waals surface area (Å²) in [4.78, 5) is 13.2. The fourth-order valence-electron chi connectivity index (χ4n) is 2.93. The Morgan fingerprint density at radius 2 is 2.04 bits per heavy atom. The van der Waals surface area contributed by atoms with Crippen molar-refractivity contribution in [1.82, 2.24) is 39.7 Å². The number of fused-ring (bicyclic) bond motifs is 2. The molecule has 4 aromatic heterocycles. The minimum absolute atomic E-state index is 0.511. The smallest absolute Gasteiger partial charge is 0.225 e. The van der Waals surface area contributed by atoms with E-state index >= 15 is 0 Å². The van der Waals surface area contributed by atoms with Gasteiger partial charge in [-0.15, -0.1) is 5.10 Å². The second-order valence-corrected chi connectivity index (χ2v) is 6.16. The Kier molecular flexibility index (Phi) is 3.49. The first kappa shape index (κ1) is 15.4. The quantitative estimate of drug-likeness (QED) is 0.526. The van der Waals surface area contributed by atoms with Crippen LogP contribution in [-0.4, -0.2) is 39.7 Å². The fourth-order valence-corrected chi connectivity index (χ4v) is 2.93. The van der Waals surface area contributed by atoms with Crippen LogP contribution < -0.4 is 5.32 Å². The van der Waals surface area contributed by atoms with Gasteiger partial charge in [-0.25, -0.2) is 4.98 Å². The average molecular weight is 357 g/mol. The molecule has 132 valence electrons. The molecule has 0 aliphatic rings. The van der Waals surface area contributed by atoms with Gasteiger partial charge in [0.25, 0.3) is 0 Å². The van der Waals surface area contributed by atoms with Gasteiger partial charge in [-0.2, -0.15) is 14.8 Å². The molecule has 27 heavy (non-hydrogen) atoms. The highest BCUT2D eigenvalue weighted by Gasteiger charge is 2.11. The van der Waals surface area contributed by atoms with Crippen molar-refractivity contribution in [1.29, 1.82) is 0 Å². The third-order valence-corrected chi connectivity index (χ3v) is 4.23. The molecule has 0 aliphatic heterocycles. The first-order valence-electron chi connectivity index (χ1n) is 8.41. The van der Waals surface area contributed by atoms with E-state index in [-0.39, 0.29) is 0 Å². The van der Waals surface area contributed by atoms with Crippen molar-refractivity contribution in [3.8, 4) is 5.69 Å². The van der Waals surface area contributed by atoms with Gasteiger partial charge in [-0.05, 0) is 24.3 Å². The number of benzene rings is 1. The van der Waals surface area contributed by atoms with Crippen molar-refractivity contribution in [2.24, 2.45) is 7.05 Å². The molecule has 1 aromatic carbocycles. The van der Waals surface area contributed by atoms with E-state index in [2.05, 4.69) is 35.7 Å². The monoisotopic (exact) mass is 357 g/mol. The molecule has 0 amide bonds. The van der Waals surface area contributed by atoms with E-state index in [0.717, 1.165) is 22.2 Å². The summed E-state index contributed by atoms with van der Waals surface area (Å²) in [5.41, 5.74) is 4.12. The van der Waals surface area contributed by atoms with E-state index in [1.165, 1.54) is 0 Å². The lowest BCUT2D eigenvalue weighted by Gasteiger charge is -2.05. The van der Waals surface area contributed by atoms with Gasteiger partial charge in [0, 0.05) is 36.9 Å². The van der Waals surface area contributed by atoms with E-state index in [1.807, 2.05) is 43.6 Å². The summed E-state index contributed by atoms with van der Waals surface area (Å²) in [5, 5.41) is 16.8. The Labute approximate surface area is 153 Å². The lowest BCUT2D eigenvalue weighted by atomic mass is 10.2. The van der Waals surface area contributed by atoms with Gasteiger partial charge in [-0.3, -0.25) is 9.67 Å². The number of anilines is 1. The molecular weight excluding hydrogens is 342 g/mol. The number of nitrogens with one attached hydrogen (secondary N) is 1. The van der Waals surface area contributed by atoms with Crippen LogP contribution in [-0.2, 0) is 13.6 Å². The molecule has 1 N–H and O–H groups in total. The number of aromatic nitrogens is 8. The molecule has 0 atom stereocenters. The van der Waals surface area contributed by atoms with Crippen LogP contribution in [0.3, 0.4) is 0 Å². The standard InChI is InChI=1S/C18H15N9/c1-26-11-12(9-22-26)8-20-18-21-10-16-17(23-18)27(25-24-16)14-4-5-15-13(7-14)3-2-6-19-15/h2-7,9-11H,8H2,1H3,(H,20,21,23). The molecule has 5 rings (SSSR count). The summed E-state index contributed by atoms with van der Waals surface area (Å²) >= 11 is 0. The lowest BCUT2D eigenvalue weighted by Crippen LogP contribution is -2.04. The summed E-state index contributed by atoms with van der Waals surface area (Å²) in [5.74, 6) is 0.511. The first-order valence-corrected chi connectivity index (χ1v) is 8.41. The zero-order valence-corrected chi connectivity index (χ0v) is 14.5. The van der Waals surface area contributed by atoms with Crippen LogP contribution in [0, 0.1) is 0 Å². The maximum atomic E-state index is 4.59. The minimum atomic E-state index is 0.511. The second-order valence-electron chi connectivity index (χ2n) is 6.16. The maximum Gasteiger partial charge on any atom is 0.225 e. The van der Waals surface area contributed by atoms with Gasteiger partial charge in [-0.1, -0.05) is 11.3 Å². The third-order valence-electron chi connectivity index (χ3n) is 4.23. The summed E-state index contributed by atoms with van der Waals surface area (Å²) in [6, 6.07) is 9.85. The van der Waals surface area contributed by atoms with Gasteiger partial charge in [0.15, 0.2) is 11.2 Å². The van der Waals surface area contributed by atoms with Gasteiger partial charge < -0.3 is 5.32 Å². The second kappa shape index (κ2) is 6.13. The van der Waals surface area contributed by atoms with Gasteiger partial charge in [0.05, 0.1) is 23.6 Å². The van der Waals surface area contributed by atoms with Crippen molar-refractivity contribution in [3.05, 3.63) is 60.7 Å². The fraction of sp³-hybridized carbons (Fsp3) is 0.111. The van der Waals surface area contributed by atoms with Crippen LogP contribution in [0.1, 0.15) is 5.56 Å². The summed E-state index contributed by atoms with van der Waals surface area (Å²) in [6.07, 6.45) is 7.20. The van der Waals surface area contributed by atoms with E-state index < -0.39 is 0 Å². The van der Waals surface area contributed by atoms with Crippen molar-refractivity contribution < 1.29 is 0 Å². The number of nitrogens with zero attached hydrogens (tertiary/aromatic N) is 8. The van der Waals surface area contributed by atoms with Crippen LogP contribution in [0.5, 0.6) is 0 Å². The van der Waals surface area contributed by atoms with E-state index in [0.29, 0.717) is 23.7 Å². The average Bonchev–Trinajstić information content (AvgIpc) is 3.31. The van der Waals surface area contributed by atoms with Crippen LogP contribution >= 0.6 is 0 Å². The molecule has 0 aliphatic carbocycles. The Bertz CT molecular complexity index is 1250. The molecule has 0 bridgehead atoms. The minimum Gasteiger partial charge on any atom is -0.350 e. The topological polar surface area (TPSA) is 99.2 Å². The third kappa shape index (κ3) is 2.84. The van der Waals surface area contributed by atoms with Gasteiger partial charge in [0.2, 0.25) is 5.95 Å². The molecule has 0 unspecified atom stereocenters. The van der Waals surface area contributed by atoms with Gasteiger partial charge in [0.1, 0.15) is 0 Å². The first-order chi connectivity index (χ1) is 13.3. The zero-order valence-electron chi connectivity index (χ0n) is 14.5. The molecule has 0 saturated carbocycles. The summed E-state index contributed by atoms with van der Waals surface area (Å²) in [6.45, 7) is 0.586. The Balaban J connectivity index is 1.50. The highest BCUT2D eigenvalue weighted by atomic mass is 15.4. The predicted octanol–water partition coefficient (Wildman–Crippen LogP) is 2.10. The van der Waals surface area contributed by atoms with E-state index in [1.54, 1.807) is 28.0 Å². The van der Waals surface area contributed by atoms with Crippen LogP contribution in [0.25, 0.3) is 27.8 Å². The van der Waals surface area contributed by atoms with Gasteiger partial charge >= 0.3 is 0 Å². The van der Waals surface area contributed by atoms with Crippen LogP contribution in [0.2, 0.25) is 0 Å². The number of hydrogen-bond acceptors (Lipinski definition) is 7. The molecule has 0 saturated heterocycles. The van der Waals surface area contributed by atoms with E-state index in [9.17, 15) is 0 Å². The molecule has 0 radical (unpaired) electrons. The number of pyridine rings is 1. The molecule has 0 fully saturated rings. The number of rotatable bonds is 4. The van der Waals surface area contributed by atoms with Crippen molar-refractivity contribution >= 4 is 28.0 Å². The largest absolute Gasteiger partial charge is 0.350 e. The lowest BCUT2D eigenvalue weighted by molar-refractivity contribution is 0.767. The molecule has 5 aromatic rings. The van der Waals surface area contributed by atoms with Crippen LogP contribution in [0.15, 0.2) is 55.1 Å². The molecule has 9 heteroatoms. The molecule has 4 heterocycles. The Morgan fingerprint density at radius 3 is 2.93 bits per heavy atom. The van der Waals surface area contributed by atoms with Crippen molar-refractivity contribution in [3.63, 3.8) is 0 Å². The summed E-state index contributed by atoms with van der Waals surface area (Å²) < 4.78 is 3.47. The Morgan fingerprint density at radius 1 is 1.07 bits per heavy atom. The SMILES string of the molecule is Cn1cc(CNc2ncc3nnn(-c4ccc5ncccc5c4)c3n2)cn1. The predicted molar refractivity (Wildman–Crippen MR) is 100 cm³/mol. The highest BCUT2D eigenvalue weighted by molar-refractivity contribution is 5.81. The van der Waals surface area contributed by atoms with Crippen molar-refractivity contribution in [2.75, 3.05) is 5.32 Å². The highest BCUT2D eigenvalue weighted by Crippen LogP contribution is 2.19.